The van der Waals surface area contributed by atoms with Gasteiger partial charge in [0.25, 0.3) is 0 Å². The first-order valence-electron chi connectivity index (χ1n) is 4.53. The molecule has 0 aliphatic heterocycles. The van der Waals surface area contributed by atoms with Gasteiger partial charge in [0.1, 0.15) is 5.75 Å². The van der Waals surface area contributed by atoms with Crippen LogP contribution in [0, 0.1) is 12.8 Å². The molecule has 0 saturated carbocycles. The van der Waals surface area contributed by atoms with E-state index in [9.17, 15) is 0 Å². The number of ether oxygens (including phenoxy) is 1. The van der Waals surface area contributed by atoms with Crippen LogP contribution in [0.2, 0.25) is 0 Å². The smallest absolute Gasteiger partial charge is 0.122 e. The van der Waals surface area contributed by atoms with Crippen LogP contribution in [0.3, 0.4) is 0 Å². The van der Waals surface area contributed by atoms with Crippen molar-refractivity contribution in [2.45, 2.75) is 13.8 Å². The molecule has 13 heavy (non-hydrogen) atoms. The second-order valence-electron chi connectivity index (χ2n) is 3.36. The minimum Gasteiger partial charge on any atom is -0.493 e. The van der Waals surface area contributed by atoms with Crippen molar-refractivity contribution in [1.29, 1.82) is 0 Å². The van der Waals surface area contributed by atoms with E-state index in [4.69, 9.17) is 9.84 Å². The molecule has 2 heteroatoms. The Hall–Kier alpha value is -1.02. The van der Waals surface area contributed by atoms with Gasteiger partial charge in [0.15, 0.2) is 0 Å². The predicted octanol–water partition coefficient (Wildman–Crippen LogP) is 2.00. The Kier molecular flexibility index (Phi) is 3.77. The highest BCUT2D eigenvalue weighted by Crippen LogP contribution is 2.16. The highest BCUT2D eigenvalue weighted by atomic mass is 16.5. The Labute approximate surface area is 79.2 Å². The number of hydrogen-bond acceptors (Lipinski definition) is 2. The second kappa shape index (κ2) is 4.87. The molecule has 1 rings (SSSR count). The van der Waals surface area contributed by atoms with Gasteiger partial charge in [-0.25, -0.2) is 0 Å². The topological polar surface area (TPSA) is 29.5 Å². The summed E-state index contributed by atoms with van der Waals surface area (Å²) < 4.78 is 5.53. The third-order valence-electron chi connectivity index (χ3n) is 1.93. The van der Waals surface area contributed by atoms with E-state index in [0.29, 0.717) is 6.61 Å². The average molecular weight is 180 g/mol. The molecular weight excluding hydrogens is 164 g/mol. The third kappa shape index (κ3) is 3.07. The molecule has 0 aromatic heterocycles. The van der Waals surface area contributed by atoms with Gasteiger partial charge >= 0.3 is 0 Å². The van der Waals surface area contributed by atoms with E-state index < -0.39 is 0 Å². The molecule has 0 aliphatic rings. The van der Waals surface area contributed by atoms with Crippen molar-refractivity contribution >= 4 is 0 Å². The maximum absolute atomic E-state index is 8.80. The highest BCUT2D eigenvalue weighted by Gasteiger charge is 2.02. The summed E-state index contributed by atoms with van der Waals surface area (Å²) in [5, 5.41) is 8.80. The largest absolute Gasteiger partial charge is 0.493 e. The van der Waals surface area contributed by atoms with Gasteiger partial charge in [-0.15, -0.1) is 0 Å². The molecule has 1 aromatic rings. The fourth-order valence-corrected chi connectivity index (χ4v) is 1.00. The van der Waals surface area contributed by atoms with Crippen molar-refractivity contribution in [3.8, 4) is 5.75 Å². The zero-order valence-electron chi connectivity index (χ0n) is 8.16. The summed E-state index contributed by atoms with van der Waals surface area (Å²) in [6.45, 7) is 4.71. The van der Waals surface area contributed by atoms with Gasteiger partial charge in [-0.2, -0.15) is 0 Å². The number of aliphatic hydroxyl groups excluding tert-OH is 1. The van der Waals surface area contributed by atoms with E-state index in [0.717, 1.165) is 11.3 Å². The number of rotatable bonds is 4. The van der Waals surface area contributed by atoms with E-state index in [2.05, 4.69) is 0 Å². The summed E-state index contributed by atoms with van der Waals surface area (Å²) in [5.41, 5.74) is 1.13. The third-order valence-corrected chi connectivity index (χ3v) is 1.93. The Morgan fingerprint density at radius 1 is 1.38 bits per heavy atom. The monoisotopic (exact) mass is 180 g/mol. The maximum Gasteiger partial charge on any atom is 0.122 e. The number of para-hydroxylation sites is 1. The summed E-state index contributed by atoms with van der Waals surface area (Å²) >= 11 is 0. The van der Waals surface area contributed by atoms with Crippen LogP contribution in [-0.4, -0.2) is 18.3 Å². The maximum atomic E-state index is 8.80. The molecule has 0 aliphatic carbocycles. The van der Waals surface area contributed by atoms with Crippen molar-refractivity contribution in [3.05, 3.63) is 29.8 Å². The molecule has 0 unspecified atom stereocenters. The minimum atomic E-state index is 0.173. The lowest BCUT2D eigenvalue weighted by Gasteiger charge is -2.11. The Morgan fingerprint density at radius 3 is 2.69 bits per heavy atom. The molecule has 72 valence electrons. The summed E-state index contributed by atoms with van der Waals surface area (Å²) in [6.07, 6.45) is 0. The zero-order valence-corrected chi connectivity index (χ0v) is 8.16. The van der Waals surface area contributed by atoms with E-state index in [1.165, 1.54) is 0 Å². The van der Waals surface area contributed by atoms with Crippen molar-refractivity contribution < 1.29 is 9.84 Å². The predicted molar refractivity (Wildman–Crippen MR) is 52.9 cm³/mol. The second-order valence-corrected chi connectivity index (χ2v) is 3.36. The lowest BCUT2D eigenvalue weighted by Crippen LogP contribution is -2.12. The van der Waals surface area contributed by atoms with Crippen LogP contribution in [0.25, 0.3) is 0 Å². The van der Waals surface area contributed by atoms with E-state index in [-0.39, 0.29) is 12.5 Å². The van der Waals surface area contributed by atoms with Gasteiger partial charge < -0.3 is 9.84 Å². The molecule has 0 spiro atoms. The molecule has 0 fully saturated rings. The average Bonchev–Trinajstić information content (AvgIpc) is 2.16. The standard InChI is InChI=1S/C11H16O2/c1-9(7-12)8-13-11-6-4-3-5-10(11)2/h3-6,9,12H,7-8H2,1-2H3/t9-/m1/s1. The van der Waals surface area contributed by atoms with Gasteiger partial charge in [-0.05, 0) is 18.6 Å². The van der Waals surface area contributed by atoms with Gasteiger partial charge in [0.2, 0.25) is 0 Å². The van der Waals surface area contributed by atoms with Crippen LogP contribution in [0.1, 0.15) is 12.5 Å². The van der Waals surface area contributed by atoms with Gasteiger partial charge in [0.05, 0.1) is 6.61 Å². The van der Waals surface area contributed by atoms with E-state index >= 15 is 0 Å². The first-order chi connectivity index (χ1) is 6.24. The van der Waals surface area contributed by atoms with Crippen molar-refractivity contribution in [1.82, 2.24) is 0 Å². The molecular formula is C11H16O2. The Morgan fingerprint density at radius 2 is 2.08 bits per heavy atom. The fourth-order valence-electron chi connectivity index (χ4n) is 1.00. The lowest BCUT2D eigenvalue weighted by atomic mass is 10.2. The van der Waals surface area contributed by atoms with Crippen molar-refractivity contribution in [2.75, 3.05) is 13.2 Å². The molecule has 0 bridgehead atoms. The SMILES string of the molecule is Cc1ccccc1OC[C@H](C)CO. The van der Waals surface area contributed by atoms with E-state index in [1.54, 1.807) is 0 Å². The highest BCUT2D eigenvalue weighted by molar-refractivity contribution is 5.31. The van der Waals surface area contributed by atoms with Crippen molar-refractivity contribution in [3.63, 3.8) is 0 Å². The molecule has 0 heterocycles. The normalized spacial score (nSPS) is 12.5. The summed E-state index contributed by atoms with van der Waals surface area (Å²) in [5.74, 6) is 1.10. The van der Waals surface area contributed by atoms with Crippen LogP contribution >= 0.6 is 0 Å². The summed E-state index contributed by atoms with van der Waals surface area (Å²) in [7, 11) is 0. The summed E-state index contributed by atoms with van der Waals surface area (Å²) in [6, 6.07) is 7.89. The zero-order chi connectivity index (χ0) is 9.68. The molecule has 1 aromatic carbocycles. The first-order valence-corrected chi connectivity index (χ1v) is 4.53. The fraction of sp³-hybridized carbons (Fsp3) is 0.455. The van der Waals surface area contributed by atoms with Gasteiger partial charge in [-0.3, -0.25) is 0 Å². The Bertz CT molecular complexity index is 258. The number of aliphatic hydroxyl groups is 1. The molecule has 1 N–H and O–H groups in total. The van der Waals surface area contributed by atoms with Crippen LogP contribution in [0.4, 0.5) is 0 Å². The van der Waals surface area contributed by atoms with Gasteiger partial charge in [-0.1, -0.05) is 25.1 Å². The molecule has 0 radical (unpaired) electrons. The van der Waals surface area contributed by atoms with Crippen molar-refractivity contribution in [2.24, 2.45) is 5.92 Å². The number of hydrogen-bond donors (Lipinski definition) is 1. The minimum absolute atomic E-state index is 0.173. The number of aryl methyl sites for hydroxylation is 1. The quantitative estimate of drug-likeness (QED) is 0.768. The number of benzene rings is 1. The lowest BCUT2D eigenvalue weighted by molar-refractivity contribution is 0.174. The Balaban J connectivity index is 2.50. The summed E-state index contributed by atoms with van der Waals surface area (Å²) in [4.78, 5) is 0. The van der Waals surface area contributed by atoms with Crippen LogP contribution < -0.4 is 4.74 Å². The first kappa shape index (κ1) is 10.1. The molecule has 2 nitrogen and oxygen atoms in total. The van der Waals surface area contributed by atoms with Crippen LogP contribution in [-0.2, 0) is 0 Å². The van der Waals surface area contributed by atoms with Gasteiger partial charge in [0, 0.05) is 12.5 Å². The molecule has 0 amide bonds. The van der Waals surface area contributed by atoms with E-state index in [1.807, 2.05) is 38.1 Å². The molecule has 1 atom stereocenters. The molecule has 0 saturated heterocycles. The van der Waals surface area contributed by atoms with Crippen LogP contribution in [0.15, 0.2) is 24.3 Å². The van der Waals surface area contributed by atoms with Crippen LogP contribution in [0.5, 0.6) is 5.75 Å².